The topological polar surface area (TPSA) is 88.5 Å². The fraction of sp³-hybridized carbons (Fsp3) is 0.208. The van der Waals surface area contributed by atoms with Gasteiger partial charge in [0.05, 0.1) is 10.6 Å². The van der Waals surface area contributed by atoms with Crippen molar-refractivity contribution in [3.8, 4) is 11.6 Å². The van der Waals surface area contributed by atoms with Gasteiger partial charge < -0.3 is 15.2 Å². The summed E-state index contributed by atoms with van der Waals surface area (Å²) in [6.07, 6.45) is 1.52. The molecule has 1 amide bonds. The maximum Gasteiger partial charge on any atom is 0.257 e. The zero-order valence-corrected chi connectivity index (χ0v) is 18.2. The Morgan fingerprint density at radius 1 is 1.10 bits per heavy atom. The Morgan fingerprint density at radius 3 is 2.45 bits per heavy atom. The van der Waals surface area contributed by atoms with E-state index in [0.29, 0.717) is 22.9 Å². The van der Waals surface area contributed by atoms with Crippen LogP contribution in [0.25, 0.3) is 0 Å². The van der Waals surface area contributed by atoms with E-state index in [0.717, 1.165) is 11.1 Å². The molecule has 31 heavy (non-hydrogen) atoms. The van der Waals surface area contributed by atoms with Gasteiger partial charge in [-0.1, -0.05) is 35.9 Å². The van der Waals surface area contributed by atoms with Crippen LogP contribution in [0.2, 0.25) is 5.02 Å². The van der Waals surface area contributed by atoms with Crippen molar-refractivity contribution in [1.82, 2.24) is 10.3 Å². The molecule has 0 atom stereocenters. The highest BCUT2D eigenvalue weighted by atomic mass is 35.5. The number of nitrogens with zero attached hydrogens (tertiary/aromatic N) is 1. The van der Waals surface area contributed by atoms with Crippen LogP contribution in [0.15, 0.2) is 60.8 Å². The van der Waals surface area contributed by atoms with Crippen molar-refractivity contribution in [2.45, 2.75) is 32.9 Å². The number of amides is 1. The highest BCUT2D eigenvalue weighted by Gasteiger charge is 2.17. The molecule has 0 radical (unpaired) electrons. The smallest absolute Gasteiger partial charge is 0.257 e. The SMILES string of the molecule is CC(=O)c1cc(Oc2ncccc2C(=O)NCc2ccc(C(C)(C)O)cc2)ccc1Cl. The number of carbonyl (C=O) groups is 2. The normalized spacial score (nSPS) is 11.1. The minimum atomic E-state index is -0.923. The Balaban J connectivity index is 1.73. The van der Waals surface area contributed by atoms with Gasteiger partial charge >= 0.3 is 0 Å². The van der Waals surface area contributed by atoms with Gasteiger partial charge in [0.1, 0.15) is 11.3 Å². The summed E-state index contributed by atoms with van der Waals surface area (Å²) in [5.41, 5.74) is 1.34. The van der Waals surface area contributed by atoms with Crippen LogP contribution in [0, 0.1) is 0 Å². The maximum absolute atomic E-state index is 12.7. The highest BCUT2D eigenvalue weighted by molar-refractivity contribution is 6.33. The quantitative estimate of drug-likeness (QED) is 0.513. The lowest BCUT2D eigenvalue weighted by Gasteiger charge is -2.18. The van der Waals surface area contributed by atoms with E-state index < -0.39 is 5.60 Å². The van der Waals surface area contributed by atoms with Gasteiger partial charge in [-0.15, -0.1) is 0 Å². The molecular formula is C24H23ClN2O4. The average molecular weight is 439 g/mol. The van der Waals surface area contributed by atoms with E-state index in [9.17, 15) is 14.7 Å². The molecular weight excluding hydrogens is 416 g/mol. The molecule has 0 aliphatic rings. The van der Waals surface area contributed by atoms with Crippen molar-refractivity contribution in [2.24, 2.45) is 0 Å². The number of aliphatic hydroxyl groups is 1. The fourth-order valence-corrected chi connectivity index (χ4v) is 3.15. The second-order valence-corrected chi connectivity index (χ2v) is 8.00. The lowest BCUT2D eigenvalue weighted by atomic mass is 9.97. The van der Waals surface area contributed by atoms with E-state index in [1.807, 2.05) is 24.3 Å². The van der Waals surface area contributed by atoms with Gasteiger partial charge in [-0.3, -0.25) is 9.59 Å². The summed E-state index contributed by atoms with van der Waals surface area (Å²) in [6.45, 7) is 5.15. The third kappa shape index (κ3) is 5.69. The lowest BCUT2D eigenvalue weighted by Crippen LogP contribution is -2.23. The molecule has 3 aromatic rings. The van der Waals surface area contributed by atoms with Gasteiger partial charge in [0.2, 0.25) is 5.88 Å². The summed E-state index contributed by atoms with van der Waals surface area (Å²) in [5, 5.41) is 13.2. The van der Waals surface area contributed by atoms with E-state index in [-0.39, 0.29) is 23.1 Å². The number of pyridine rings is 1. The second-order valence-electron chi connectivity index (χ2n) is 7.59. The standard InChI is InChI=1S/C24H23ClN2O4/c1-15(28)20-13-18(10-11-21(20)25)31-23-19(5-4-12-26-23)22(29)27-14-16-6-8-17(9-7-16)24(2,3)30/h4-13,30H,14H2,1-3H3,(H,27,29). The first-order chi connectivity index (χ1) is 14.6. The zero-order valence-electron chi connectivity index (χ0n) is 17.5. The third-order valence-electron chi connectivity index (χ3n) is 4.66. The number of hydrogen-bond donors (Lipinski definition) is 2. The number of hydrogen-bond acceptors (Lipinski definition) is 5. The van der Waals surface area contributed by atoms with Crippen LogP contribution in [0.1, 0.15) is 52.6 Å². The summed E-state index contributed by atoms with van der Waals surface area (Å²) >= 11 is 6.04. The Bertz CT molecular complexity index is 1110. The van der Waals surface area contributed by atoms with Gasteiger partial charge in [0.15, 0.2) is 5.78 Å². The van der Waals surface area contributed by atoms with Gasteiger partial charge in [-0.25, -0.2) is 4.98 Å². The van der Waals surface area contributed by atoms with Gasteiger partial charge in [0.25, 0.3) is 5.91 Å². The number of halogens is 1. The van der Waals surface area contributed by atoms with Crippen LogP contribution < -0.4 is 10.1 Å². The number of carbonyl (C=O) groups excluding carboxylic acids is 2. The molecule has 3 rings (SSSR count). The molecule has 0 spiro atoms. The molecule has 2 aromatic carbocycles. The summed E-state index contributed by atoms with van der Waals surface area (Å²) in [4.78, 5) is 28.6. The molecule has 1 heterocycles. The first kappa shape index (κ1) is 22.5. The summed E-state index contributed by atoms with van der Waals surface area (Å²) in [7, 11) is 0. The van der Waals surface area contributed by atoms with Gasteiger partial charge in [0, 0.05) is 18.3 Å². The molecule has 0 bridgehead atoms. The zero-order chi connectivity index (χ0) is 22.6. The number of benzene rings is 2. The van der Waals surface area contributed by atoms with Crippen LogP contribution in [-0.2, 0) is 12.1 Å². The Hall–Kier alpha value is -3.22. The van der Waals surface area contributed by atoms with Crippen molar-refractivity contribution in [1.29, 1.82) is 0 Å². The average Bonchev–Trinajstić information content (AvgIpc) is 2.73. The van der Waals surface area contributed by atoms with Crippen LogP contribution in [0.4, 0.5) is 0 Å². The van der Waals surface area contributed by atoms with Gasteiger partial charge in [-0.2, -0.15) is 0 Å². The number of aromatic nitrogens is 1. The summed E-state index contributed by atoms with van der Waals surface area (Å²) < 4.78 is 5.77. The van der Waals surface area contributed by atoms with Crippen molar-refractivity contribution in [3.63, 3.8) is 0 Å². The maximum atomic E-state index is 12.7. The molecule has 0 aliphatic heterocycles. The molecule has 0 unspecified atom stereocenters. The number of ketones is 1. The minimum absolute atomic E-state index is 0.120. The van der Waals surface area contributed by atoms with Crippen molar-refractivity contribution < 1.29 is 19.4 Å². The second kappa shape index (κ2) is 9.29. The van der Waals surface area contributed by atoms with E-state index in [1.165, 1.54) is 19.2 Å². The first-order valence-electron chi connectivity index (χ1n) is 9.68. The van der Waals surface area contributed by atoms with Crippen molar-refractivity contribution >= 4 is 23.3 Å². The molecule has 0 saturated heterocycles. The predicted molar refractivity (Wildman–Crippen MR) is 119 cm³/mol. The molecule has 6 nitrogen and oxygen atoms in total. The molecule has 0 fully saturated rings. The largest absolute Gasteiger partial charge is 0.438 e. The molecule has 2 N–H and O–H groups in total. The molecule has 0 saturated carbocycles. The summed E-state index contributed by atoms with van der Waals surface area (Å²) in [6, 6.07) is 15.3. The number of nitrogens with one attached hydrogen (secondary N) is 1. The molecule has 7 heteroatoms. The monoisotopic (exact) mass is 438 g/mol. The predicted octanol–water partition coefficient (Wildman–Crippen LogP) is 4.89. The molecule has 160 valence electrons. The first-order valence-corrected chi connectivity index (χ1v) is 10.1. The van der Waals surface area contributed by atoms with Crippen molar-refractivity contribution in [3.05, 3.63) is 88.1 Å². The van der Waals surface area contributed by atoms with E-state index in [4.69, 9.17) is 16.3 Å². The van der Waals surface area contributed by atoms with Crippen LogP contribution >= 0.6 is 11.6 Å². The van der Waals surface area contributed by atoms with Crippen molar-refractivity contribution in [2.75, 3.05) is 0 Å². The van der Waals surface area contributed by atoms with Gasteiger partial charge in [-0.05, 0) is 62.2 Å². The Labute approximate surface area is 185 Å². The van der Waals surface area contributed by atoms with Crippen LogP contribution in [0.5, 0.6) is 11.6 Å². The Morgan fingerprint density at radius 2 is 1.81 bits per heavy atom. The third-order valence-corrected chi connectivity index (χ3v) is 4.99. The number of rotatable bonds is 7. The van der Waals surface area contributed by atoms with Crippen LogP contribution in [-0.4, -0.2) is 21.8 Å². The Kier molecular flexibility index (Phi) is 6.73. The lowest BCUT2D eigenvalue weighted by molar-refractivity contribution is 0.0785. The van der Waals surface area contributed by atoms with E-state index in [2.05, 4.69) is 10.3 Å². The molecule has 0 aliphatic carbocycles. The van der Waals surface area contributed by atoms with E-state index >= 15 is 0 Å². The highest BCUT2D eigenvalue weighted by Crippen LogP contribution is 2.27. The number of ether oxygens (including phenoxy) is 1. The van der Waals surface area contributed by atoms with Crippen LogP contribution in [0.3, 0.4) is 0 Å². The van der Waals surface area contributed by atoms with E-state index in [1.54, 1.807) is 38.1 Å². The fourth-order valence-electron chi connectivity index (χ4n) is 2.90. The number of Topliss-reactive ketones (excluding diaryl/α,β-unsaturated/α-hetero) is 1. The minimum Gasteiger partial charge on any atom is -0.438 e. The summed E-state index contributed by atoms with van der Waals surface area (Å²) in [5.74, 6) is -0.0702. The molecule has 1 aromatic heterocycles.